The molecule has 0 radical (unpaired) electrons. The van der Waals surface area contributed by atoms with E-state index < -0.39 is 0 Å². The monoisotopic (exact) mass is 234 g/mol. The molecule has 0 saturated carbocycles. The van der Waals surface area contributed by atoms with E-state index in [4.69, 9.17) is 11.6 Å². The third-order valence-electron chi connectivity index (χ3n) is 3.08. The molecule has 1 fully saturated rings. The maximum Gasteiger partial charge on any atom is 0.248 e. The van der Waals surface area contributed by atoms with E-state index in [0.29, 0.717) is 10.9 Å². The molecule has 2 heterocycles. The molecule has 3 rings (SSSR count). The van der Waals surface area contributed by atoms with Gasteiger partial charge in [-0.05, 0) is 11.6 Å². The normalized spacial score (nSPS) is 16.3. The van der Waals surface area contributed by atoms with Gasteiger partial charge < -0.3 is 10.3 Å². The van der Waals surface area contributed by atoms with Crippen LogP contribution in [-0.2, 0) is 0 Å². The van der Waals surface area contributed by atoms with Gasteiger partial charge in [-0.3, -0.25) is 4.79 Å². The Hall–Kier alpha value is -1.32. The Balaban J connectivity index is 2.34. The van der Waals surface area contributed by atoms with Crippen molar-refractivity contribution in [3.8, 4) is 0 Å². The van der Waals surface area contributed by atoms with Crippen molar-refractivity contribution >= 4 is 22.5 Å². The predicted molar refractivity (Wildman–Crippen MR) is 65.2 cm³/mol. The number of para-hydroxylation sites is 1. The van der Waals surface area contributed by atoms with Crippen molar-refractivity contribution in [1.82, 2.24) is 10.3 Å². The largest absolute Gasteiger partial charge is 0.321 e. The van der Waals surface area contributed by atoms with Gasteiger partial charge in [0.1, 0.15) is 0 Å². The molecule has 1 saturated heterocycles. The van der Waals surface area contributed by atoms with Gasteiger partial charge in [-0.1, -0.05) is 23.7 Å². The molecule has 0 unspecified atom stereocenters. The minimum absolute atomic E-state index is 0.0810. The van der Waals surface area contributed by atoms with Crippen LogP contribution < -0.4 is 10.9 Å². The second-order valence-electron chi connectivity index (χ2n) is 4.11. The van der Waals surface area contributed by atoms with E-state index in [9.17, 15) is 4.79 Å². The number of hydrogen-bond acceptors (Lipinski definition) is 2. The van der Waals surface area contributed by atoms with Gasteiger partial charge in [0.05, 0.1) is 10.5 Å². The maximum atomic E-state index is 11.6. The van der Waals surface area contributed by atoms with E-state index in [1.165, 1.54) is 0 Å². The van der Waals surface area contributed by atoms with Crippen LogP contribution in [0.15, 0.2) is 29.1 Å². The lowest BCUT2D eigenvalue weighted by Gasteiger charge is -2.28. The van der Waals surface area contributed by atoms with Gasteiger partial charge in [-0.25, -0.2) is 0 Å². The lowest BCUT2D eigenvalue weighted by Crippen LogP contribution is -2.40. The van der Waals surface area contributed by atoms with Crippen molar-refractivity contribution in [3.63, 3.8) is 0 Å². The van der Waals surface area contributed by atoms with Crippen LogP contribution >= 0.6 is 11.6 Å². The van der Waals surface area contributed by atoms with Crippen LogP contribution in [0.5, 0.6) is 0 Å². The van der Waals surface area contributed by atoms with Gasteiger partial charge >= 0.3 is 0 Å². The minimum Gasteiger partial charge on any atom is -0.321 e. The van der Waals surface area contributed by atoms with E-state index in [1.807, 2.05) is 12.1 Å². The summed E-state index contributed by atoms with van der Waals surface area (Å²) in [4.78, 5) is 14.4. The molecular weight excluding hydrogens is 224 g/mol. The topological polar surface area (TPSA) is 44.9 Å². The number of aromatic nitrogens is 1. The van der Waals surface area contributed by atoms with Gasteiger partial charge in [0.2, 0.25) is 5.56 Å². The molecule has 0 atom stereocenters. The molecule has 0 bridgehead atoms. The predicted octanol–water partition coefficient (Wildman–Crippen LogP) is 1.87. The summed E-state index contributed by atoms with van der Waals surface area (Å²) >= 11 is 6.08. The fourth-order valence-electron chi connectivity index (χ4n) is 2.12. The van der Waals surface area contributed by atoms with Crippen molar-refractivity contribution in [3.05, 3.63) is 45.2 Å². The number of aromatic amines is 1. The van der Waals surface area contributed by atoms with Crippen LogP contribution in [0, 0.1) is 0 Å². The molecule has 1 aromatic heterocycles. The molecule has 0 spiro atoms. The summed E-state index contributed by atoms with van der Waals surface area (Å²) in [6.07, 6.45) is 0. The lowest BCUT2D eigenvalue weighted by atomic mass is 9.91. The van der Waals surface area contributed by atoms with Crippen molar-refractivity contribution in [2.45, 2.75) is 5.92 Å². The van der Waals surface area contributed by atoms with Gasteiger partial charge in [0, 0.05) is 30.5 Å². The Bertz CT molecular complexity index is 601. The fourth-order valence-corrected chi connectivity index (χ4v) is 2.34. The molecule has 4 heteroatoms. The zero-order chi connectivity index (χ0) is 11.1. The Kier molecular flexibility index (Phi) is 2.23. The minimum atomic E-state index is -0.0810. The van der Waals surface area contributed by atoms with Crippen LogP contribution in [0.2, 0.25) is 5.02 Å². The van der Waals surface area contributed by atoms with Gasteiger partial charge in [-0.2, -0.15) is 0 Å². The first-order valence-electron chi connectivity index (χ1n) is 5.28. The number of rotatable bonds is 1. The molecule has 3 nitrogen and oxygen atoms in total. The number of pyridine rings is 1. The molecule has 1 aliphatic heterocycles. The van der Waals surface area contributed by atoms with Crippen LogP contribution in [0.3, 0.4) is 0 Å². The molecule has 2 aromatic rings. The first-order chi connectivity index (χ1) is 7.75. The smallest absolute Gasteiger partial charge is 0.248 e. The average Bonchev–Trinajstić information content (AvgIpc) is 2.17. The number of benzene rings is 1. The highest BCUT2D eigenvalue weighted by Crippen LogP contribution is 2.28. The third kappa shape index (κ3) is 1.44. The Morgan fingerprint density at radius 2 is 2.12 bits per heavy atom. The van der Waals surface area contributed by atoms with Gasteiger partial charge in [0.25, 0.3) is 0 Å². The SMILES string of the molecule is O=c1cc(C2CNC2)c2cccc(Cl)c2[nH]1. The molecule has 82 valence electrons. The first-order valence-corrected chi connectivity index (χ1v) is 5.65. The molecule has 1 aromatic carbocycles. The van der Waals surface area contributed by atoms with Crippen LogP contribution in [0.4, 0.5) is 0 Å². The molecule has 2 N–H and O–H groups in total. The Labute approximate surface area is 97.4 Å². The highest BCUT2D eigenvalue weighted by molar-refractivity contribution is 6.35. The zero-order valence-electron chi connectivity index (χ0n) is 8.59. The standard InChI is InChI=1S/C12H11ClN2O/c13-10-3-1-2-8-9(7-5-14-6-7)4-11(16)15-12(8)10/h1-4,7,14H,5-6H2,(H,15,16). The number of halogens is 1. The first kappa shape index (κ1) is 9.87. The summed E-state index contributed by atoms with van der Waals surface area (Å²) in [5.41, 5.74) is 1.76. The summed E-state index contributed by atoms with van der Waals surface area (Å²) < 4.78 is 0. The summed E-state index contributed by atoms with van der Waals surface area (Å²) in [5, 5.41) is 4.87. The van der Waals surface area contributed by atoms with Crippen molar-refractivity contribution in [2.75, 3.05) is 13.1 Å². The van der Waals surface area contributed by atoms with E-state index >= 15 is 0 Å². The van der Waals surface area contributed by atoms with Gasteiger partial charge in [0.15, 0.2) is 0 Å². The van der Waals surface area contributed by atoms with Crippen molar-refractivity contribution in [1.29, 1.82) is 0 Å². The van der Waals surface area contributed by atoms with Crippen molar-refractivity contribution < 1.29 is 0 Å². The second-order valence-corrected chi connectivity index (χ2v) is 4.51. The lowest BCUT2D eigenvalue weighted by molar-refractivity contribution is 0.450. The maximum absolute atomic E-state index is 11.6. The summed E-state index contributed by atoms with van der Waals surface area (Å²) in [6, 6.07) is 7.40. The van der Waals surface area contributed by atoms with Gasteiger partial charge in [-0.15, -0.1) is 0 Å². The van der Waals surface area contributed by atoms with E-state index in [0.717, 1.165) is 29.6 Å². The number of fused-ring (bicyclic) bond motifs is 1. The van der Waals surface area contributed by atoms with Crippen LogP contribution in [0.25, 0.3) is 10.9 Å². The molecule has 0 aliphatic carbocycles. The van der Waals surface area contributed by atoms with E-state index in [2.05, 4.69) is 10.3 Å². The number of nitrogens with one attached hydrogen (secondary N) is 2. The van der Waals surface area contributed by atoms with Crippen molar-refractivity contribution in [2.24, 2.45) is 0 Å². The van der Waals surface area contributed by atoms with Crippen LogP contribution in [0.1, 0.15) is 11.5 Å². The summed E-state index contributed by atoms with van der Waals surface area (Å²) in [7, 11) is 0. The van der Waals surface area contributed by atoms with E-state index in [1.54, 1.807) is 12.1 Å². The fraction of sp³-hybridized carbons (Fsp3) is 0.250. The summed E-state index contributed by atoms with van der Waals surface area (Å²) in [5.74, 6) is 0.434. The Morgan fingerprint density at radius 1 is 1.31 bits per heavy atom. The Morgan fingerprint density at radius 3 is 2.81 bits per heavy atom. The average molecular weight is 235 g/mol. The highest BCUT2D eigenvalue weighted by Gasteiger charge is 2.21. The number of hydrogen-bond donors (Lipinski definition) is 2. The highest BCUT2D eigenvalue weighted by atomic mass is 35.5. The quantitative estimate of drug-likeness (QED) is 0.791. The summed E-state index contributed by atoms with van der Waals surface area (Å²) in [6.45, 7) is 1.87. The molecular formula is C12H11ClN2O. The molecule has 0 amide bonds. The number of H-pyrrole nitrogens is 1. The van der Waals surface area contributed by atoms with Crippen LogP contribution in [-0.4, -0.2) is 18.1 Å². The molecule has 16 heavy (non-hydrogen) atoms. The van der Waals surface area contributed by atoms with E-state index in [-0.39, 0.29) is 5.56 Å². The zero-order valence-corrected chi connectivity index (χ0v) is 9.34. The third-order valence-corrected chi connectivity index (χ3v) is 3.40. The second kappa shape index (κ2) is 3.61. The molecule has 1 aliphatic rings.